The van der Waals surface area contributed by atoms with Crippen molar-refractivity contribution in [3.63, 3.8) is 0 Å². The van der Waals surface area contributed by atoms with E-state index in [0.29, 0.717) is 23.8 Å². The van der Waals surface area contributed by atoms with Crippen molar-refractivity contribution in [2.45, 2.75) is 33.2 Å². The summed E-state index contributed by atoms with van der Waals surface area (Å²) in [7, 11) is 0. The molecule has 0 saturated heterocycles. The number of carbonyl (C=O) groups is 1. The third-order valence-electron chi connectivity index (χ3n) is 2.43. The van der Waals surface area contributed by atoms with Crippen LogP contribution in [0.2, 0.25) is 0 Å². The summed E-state index contributed by atoms with van der Waals surface area (Å²) in [5.41, 5.74) is 1.39. The first-order valence-corrected chi connectivity index (χ1v) is 5.95. The van der Waals surface area contributed by atoms with Crippen molar-refractivity contribution in [1.82, 2.24) is 25.7 Å². The van der Waals surface area contributed by atoms with Gasteiger partial charge in [0.1, 0.15) is 5.69 Å². The van der Waals surface area contributed by atoms with Crippen LogP contribution in [0.5, 0.6) is 0 Å². The summed E-state index contributed by atoms with van der Waals surface area (Å²) in [6.45, 7) is 5.20. The van der Waals surface area contributed by atoms with Gasteiger partial charge in [-0.1, -0.05) is 5.16 Å². The van der Waals surface area contributed by atoms with Gasteiger partial charge in [-0.15, -0.1) is 5.10 Å². The van der Waals surface area contributed by atoms with Crippen molar-refractivity contribution in [1.29, 1.82) is 0 Å². The van der Waals surface area contributed by atoms with Crippen molar-refractivity contribution >= 4 is 5.91 Å². The van der Waals surface area contributed by atoms with Gasteiger partial charge >= 0.3 is 0 Å². The lowest BCUT2D eigenvalue weighted by atomic mass is 10.2. The largest absolute Gasteiger partial charge is 0.353 e. The van der Waals surface area contributed by atoms with Gasteiger partial charge in [0.2, 0.25) is 17.6 Å². The maximum Gasteiger partial charge on any atom is 0.229 e. The summed E-state index contributed by atoms with van der Waals surface area (Å²) in [6.07, 6.45) is 0.478. The van der Waals surface area contributed by atoms with Gasteiger partial charge in [0.25, 0.3) is 0 Å². The van der Waals surface area contributed by atoms with Crippen molar-refractivity contribution < 1.29 is 9.32 Å². The molecule has 1 atom stereocenters. The average molecular weight is 261 g/mol. The van der Waals surface area contributed by atoms with Crippen LogP contribution < -0.4 is 5.32 Å². The first-order valence-electron chi connectivity index (χ1n) is 5.95. The third kappa shape index (κ3) is 3.57. The Balaban J connectivity index is 2.06. The van der Waals surface area contributed by atoms with Crippen LogP contribution in [-0.2, 0) is 11.2 Å². The Morgan fingerprint density at radius 2 is 2.21 bits per heavy atom. The van der Waals surface area contributed by atoms with Gasteiger partial charge in [0.05, 0.1) is 5.69 Å². The van der Waals surface area contributed by atoms with Crippen LogP contribution in [0.4, 0.5) is 0 Å². The van der Waals surface area contributed by atoms with E-state index < -0.39 is 0 Å². The summed E-state index contributed by atoms with van der Waals surface area (Å²) in [5, 5.41) is 14.5. The Labute approximate surface area is 110 Å². The molecule has 0 radical (unpaired) electrons. The van der Waals surface area contributed by atoms with Gasteiger partial charge in [0, 0.05) is 19.4 Å². The number of nitrogens with one attached hydrogen (secondary N) is 1. The molecule has 0 aliphatic carbocycles. The van der Waals surface area contributed by atoms with Crippen LogP contribution in [0.3, 0.4) is 0 Å². The molecule has 100 valence electrons. The second-order valence-electron chi connectivity index (χ2n) is 4.38. The fraction of sp³-hybridized carbons (Fsp3) is 0.417. The SMILES string of the molecule is CC(=O)NC(C)Cc1nc(-c2ccc(C)nn2)no1. The molecular weight excluding hydrogens is 246 g/mol. The Morgan fingerprint density at radius 3 is 2.84 bits per heavy atom. The minimum absolute atomic E-state index is 0.0603. The summed E-state index contributed by atoms with van der Waals surface area (Å²) in [6, 6.07) is 3.56. The minimum atomic E-state index is -0.0864. The molecule has 1 amide bonds. The monoisotopic (exact) mass is 261 g/mol. The standard InChI is InChI=1S/C12H15N5O2/c1-7-4-5-10(16-15-7)12-14-11(19-17-12)6-8(2)13-9(3)18/h4-5,8H,6H2,1-3H3,(H,13,18). The predicted molar refractivity (Wildman–Crippen MR) is 67.0 cm³/mol. The molecule has 2 heterocycles. The lowest BCUT2D eigenvalue weighted by Crippen LogP contribution is -2.32. The van der Waals surface area contributed by atoms with E-state index in [1.807, 2.05) is 19.9 Å². The molecule has 0 aliphatic heterocycles. The molecular formula is C12H15N5O2. The van der Waals surface area contributed by atoms with Gasteiger partial charge < -0.3 is 9.84 Å². The highest BCUT2D eigenvalue weighted by Crippen LogP contribution is 2.12. The fourth-order valence-electron chi connectivity index (χ4n) is 1.62. The average Bonchev–Trinajstić information content (AvgIpc) is 2.77. The molecule has 0 bridgehead atoms. The second-order valence-corrected chi connectivity index (χ2v) is 4.38. The Hall–Kier alpha value is -2.31. The predicted octanol–water partition coefficient (Wildman–Crippen LogP) is 0.902. The molecule has 0 saturated carbocycles. The number of nitrogens with zero attached hydrogens (tertiary/aromatic N) is 4. The van der Waals surface area contributed by atoms with Crippen LogP contribution in [0.1, 0.15) is 25.4 Å². The summed E-state index contributed by atoms with van der Waals surface area (Å²) in [4.78, 5) is 15.1. The maximum absolute atomic E-state index is 10.9. The third-order valence-corrected chi connectivity index (χ3v) is 2.43. The number of aryl methyl sites for hydroxylation is 1. The van der Waals surface area contributed by atoms with Gasteiger partial charge in [0.15, 0.2) is 0 Å². The second kappa shape index (κ2) is 5.55. The molecule has 7 nitrogen and oxygen atoms in total. The first-order chi connectivity index (χ1) is 9.04. The number of carbonyl (C=O) groups excluding carboxylic acids is 1. The highest BCUT2D eigenvalue weighted by molar-refractivity contribution is 5.73. The van der Waals surface area contributed by atoms with E-state index in [2.05, 4.69) is 25.7 Å². The molecule has 0 spiro atoms. The highest BCUT2D eigenvalue weighted by Gasteiger charge is 2.13. The van der Waals surface area contributed by atoms with E-state index >= 15 is 0 Å². The molecule has 1 unspecified atom stereocenters. The Kier molecular flexibility index (Phi) is 3.84. The molecule has 2 rings (SSSR count). The van der Waals surface area contributed by atoms with E-state index in [1.54, 1.807) is 6.07 Å². The van der Waals surface area contributed by atoms with Crippen LogP contribution >= 0.6 is 0 Å². The van der Waals surface area contributed by atoms with E-state index in [4.69, 9.17) is 4.52 Å². The fourth-order valence-corrected chi connectivity index (χ4v) is 1.62. The number of hydrogen-bond acceptors (Lipinski definition) is 6. The number of hydrogen-bond donors (Lipinski definition) is 1. The zero-order chi connectivity index (χ0) is 13.8. The first kappa shape index (κ1) is 13.1. The van der Waals surface area contributed by atoms with E-state index in [9.17, 15) is 4.79 Å². The van der Waals surface area contributed by atoms with E-state index in [-0.39, 0.29) is 11.9 Å². The molecule has 2 aromatic rings. The minimum Gasteiger partial charge on any atom is -0.353 e. The topological polar surface area (TPSA) is 93.8 Å². The van der Waals surface area contributed by atoms with Gasteiger partial charge in [-0.25, -0.2) is 0 Å². The van der Waals surface area contributed by atoms with Gasteiger partial charge in [-0.2, -0.15) is 10.1 Å². The maximum atomic E-state index is 10.9. The molecule has 19 heavy (non-hydrogen) atoms. The highest BCUT2D eigenvalue weighted by atomic mass is 16.5. The van der Waals surface area contributed by atoms with Gasteiger partial charge in [-0.3, -0.25) is 4.79 Å². The van der Waals surface area contributed by atoms with E-state index in [1.165, 1.54) is 6.92 Å². The van der Waals surface area contributed by atoms with Crippen molar-refractivity contribution in [3.8, 4) is 11.5 Å². The lowest BCUT2D eigenvalue weighted by molar-refractivity contribution is -0.119. The van der Waals surface area contributed by atoms with Crippen LogP contribution in [-0.4, -0.2) is 32.3 Å². The van der Waals surface area contributed by atoms with Crippen molar-refractivity contribution in [2.24, 2.45) is 0 Å². The van der Waals surface area contributed by atoms with Gasteiger partial charge in [-0.05, 0) is 26.0 Å². The molecule has 2 aromatic heterocycles. The summed E-state index contributed by atoms with van der Waals surface area (Å²) >= 11 is 0. The Bertz CT molecular complexity index is 564. The lowest BCUT2D eigenvalue weighted by Gasteiger charge is -2.08. The van der Waals surface area contributed by atoms with Crippen LogP contribution in [0.25, 0.3) is 11.5 Å². The molecule has 7 heteroatoms. The van der Waals surface area contributed by atoms with Crippen molar-refractivity contribution in [2.75, 3.05) is 0 Å². The zero-order valence-corrected chi connectivity index (χ0v) is 11.0. The summed E-state index contributed by atoms with van der Waals surface area (Å²) < 4.78 is 5.12. The Morgan fingerprint density at radius 1 is 1.42 bits per heavy atom. The zero-order valence-electron chi connectivity index (χ0n) is 11.0. The number of amides is 1. The molecule has 0 fully saturated rings. The number of aromatic nitrogens is 4. The smallest absolute Gasteiger partial charge is 0.229 e. The van der Waals surface area contributed by atoms with Crippen LogP contribution in [0, 0.1) is 6.92 Å². The van der Waals surface area contributed by atoms with Crippen LogP contribution in [0.15, 0.2) is 16.7 Å². The quantitative estimate of drug-likeness (QED) is 0.878. The molecule has 1 N–H and O–H groups in total. The summed E-state index contributed by atoms with van der Waals surface area (Å²) in [5.74, 6) is 0.771. The van der Waals surface area contributed by atoms with E-state index in [0.717, 1.165) is 5.69 Å². The molecule has 0 aromatic carbocycles. The van der Waals surface area contributed by atoms with Crippen molar-refractivity contribution in [3.05, 3.63) is 23.7 Å². The molecule has 0 aliphatic rings. The normalized spacial score (nSPS) is 12.2. The number of rotatable bonds is 4.